The fourth-order valence-electron chi connectivity index (χ4n) is 21.0. The van der Waals surface area contributed by atoms with Gasteiger partial charge in [-0.05, 0) is 220 Å². The first-order valence-electron chi connectivity index (χ1n) is 46.1. The van der Waals surface area contributed by atoms with Crippen molar-refractivity contribution >= 4 is 131 Å². The molecular weight excluding hydrogens is 1680 g/mol. The highest BCUT2D eigenvalue weighted by molar-refractivity contribution is 6.29. The number of pyridine rings is 3. The van der Waals surface area contributed by atoms with Crippen LogP contribution in [-0.4, -0.2) is 42.4 Å². The van der Waals surface area contributed by atoms with Gasteiger partial charge >= 0.3 is 0 Å². The zero-order valence-corrected chi connectivity index (χ0v) is 74.4. The minimum absolute atomic E-state index is 0.417. The zero-order chi connectivity index (χ0) is 91.8. The fourth-order valence-corrected chi connectivity index (χ4v) is 21.0. The number of nitriles is 3. The quantitative estimate of drug-likeness (QED) is 0.119. The van der Waals surface area contributed by atoms with E-state index in [1.807, 2.05) is 30.5 Å². The van der Waals surface area contributed by atoms with Gasteiger partial charge in [-0.15, -0.1) is 0 Å². The lowest BCUT2D eigenvalue weighted by atomic mass is 9.97. The Bertz CT molecular complexity index is 9710. The van der Waals surface area contributed by atoms with E-state index in [9.17, 15) is 10.5 Å². The molecule has 0 aliphatic rings. The summed E-state index contributed by atoms with van der Waals surface area (Å²) in [5.74, 6) is 0. The van der Waals surface area contributed by atoms with Crippen molar-refractivity contribution < 1.29 is 0 Å². The maximum Gasteiger partial charge on any atom is 0.140 e. The van der Waals surface area contributed by atoms with Gasteiger partial charge in [0.1, 0.15) is 17.8 Å². The van der Waals surface area contributed by atoms with Crippen LogP contribution in [0.15, 0.2) is 474 Å². The van der Waals surface area contributed by atoms with Crippen LogP contribution in [0.3, 0.4) is 0 Å². The number of nitrogens with zero attached hydrogens (tertiary/aromatic N) is 12. The van der Waals surface area contributed by atoms with E-state index in [0.29, 0.717) is 16.8 Å². The Morgan fingerprint density at radius 3 is 0.884 bits per heavy atom. The van der Waals surface area contributed by atoms with Crippen molar-refractivity contribution in [3.05, 3.63) is 491 Å². The van der Waals surface area contributed by atoms with Gasteiger partial charge in [-0.25, -0.2) is 4.98 Å². The molecule has 12 nitrogen and oxygen atoms in total. The Morgan fingerprint density at radius 1 is 0.188 bits per heavy atom. The highest BCUT2D eigenvalue weighted by atomic mass is 15.0. The maximum absolute atomic E-state index is 9.69. The lowest BCUT2D eigenvalue weighted by Crippen LogP contribution is -1.95. The molecular formula is C126H78N12. The van der Waals surface area contributed by atoms with Crippen LogP contribution in [0.1, 0.15) is 16.8 Å². The number of hydrogen-bond acceptors (Lipinski definition) is 6. The van der Waals surface area contributed by atoms with Crippen LogP contribution in [0.5, 0.6) is 0 Å². The summed E-state index contributed by atoms with van der Waals surface area (Å²) in [4.78, 5) is 12.8. The van der Waals surface area contributed by atoms with Crippen molar-refractivity contribution in [2.45, 2.75) is 0 Å². The van der Waals surface area contributed by atoms with Crippen LogP contribution in [0.4, 0.5) is 0 Å². The minimum Gasteiger partial charge on any atom is -0.309 e. The third kappa shape index (κ3) is 13.6. The molecule has 0 radical (unpaired) electrons. The Hall–Kier alpha value is -19.3. The van der Waals surface area contributed by atoms with Gasteiger partial charge in [0.05, 0.1) is 83.4 Å². The molecule has 0 aliphatic heterocycles. The second kappa shape index (κ2) is 33.8. The Balaban J connectivity index is 0.000000110. The molecule has 642 valence electrons. The lowest BCUT2D eigenvalue weighted by molar-refractivity contribution is 1.17. The van der Waals surface area contributed by atoms with Crippen LogP contribution < -0.4 is 0 Å². The number of para-hydroxylation sites is 9. The van der Waals surface area contributed by atoms with E-state index in [0.717, 1.165) is 112 Å². The first kappa shape index (κ1) is 80.7. The SMILES string of the molecule is N#Cc1ccc(-c2cccc(-c3cccc(-n4c5ccccc5c5c4ccc4c6ccccc6n(-c6ccccc6)c45)c3)c2)cn1.N#Cc1ccncc1-c1cccc(-c2cccc(-n3c4ccccc4c4c3ccc3c5ccccc5n(-c5ccccc5)c34)c2)c1.N#Cc1cncc(-c2cccc(-c3cccc(-n4c5ccccc5c5c4ccc4c6ccccc6n(-c6ccccc6)c45)c3)c2)c1. The molecule has 9 aromatic heterocycles. The average Bonchev–Trinajstić information content (AvgIpc) is 1.55. The fraction of sp³-hybridized carbons (Fsp3) is 0. The predicted octanol–water partition coefficient (Wildman–Crippen LogP) is 31.4. The second-order valence-corrected chi connectivity index (χ2v) is 34.7. The van der Waals surface area contributed by atoms with Crippen molar-refractivity contribution in [3.63, 3.8) is 0 Å². The summed E-state index contributed by atoms with van der Waals surface area (Å²) >= 11 is 0. The lowest BCUT2D eigenvalue weighted by Gasteiger charge is -2.12. The number of benzene rings is 18. The monoisotopic (exact) mass is 1760 g/mol. The molecule has 0 atom stereocenters. The van der Waals surface area contributed by atoms with Crippen LogP contribution in [-0.2, 0) is 0 Å². The highest BCUT2D eigenvalue weighted by Gasteiger charge is 2.27. The molecule has 0 saturated carbocycles. The molecule has 0 aliphatic carbocycles. The van der Waals surface area contributed by atoms with E-state index < -0.39 is 0 Å². The maximum atomic E-state index is 9.69. The molecule has 0 spiro atoms. The number of hydrogen-bond donors (Lipinski definition) is 0. The molecule has 0 amide bonds. The molecule has 27 aromatic rings. The van der Waals surface area contributed by atoms with Gasteiger partial charge in [-0.2, -0.15) is 15.8 Å². The molecule has 0 saturated heterocycles. The molecule has 138 heavy (non-hydrogen) atoms. The third-order valence-corrected chi connectivity index (χ3v) is 27.0. The van der Waals surface area contributed by atoms with Gasteiger partial charge in [-0.1, -0.05) is 273 Å². The normalized spacial score (nSPS) is 11.5. The standard InChI is InChI=1S/3C42H26N4/c43-26-31-22-23-44-27-37(31)30-12-8-10-28(24-30)29-11-9-15-33(25-29)45-39-19-7-5-17-36(39)41-40(45)21-20-35-34-16-4-6-18-38(34)46(42(35)41)32-13-2-1-3-14-32;43-25-28-22-32(27-44-26-28)30-11-8-10-29(23-30)31-12-9-15-34(24-31)45-39-19-7-5-17-37(39)41-40(45)21-20-36-35-16-4-6-18-38(35)46(42(36)41)33-13-2-1-3-14-33;43-26-32-21-20-31(27-44-32)29-11-8-10-28(24-29)30-12-9-15-34(25-30)45-39-19-7-5-17-37(39)41-40(45)23-22-36-35-16-4-6-18-38(35)46(42(36)41)33-13-2-1-3-14-33/h1-25,27H;1-24,26-27H;1-25,27H. The molecule has 0 N–H and O–H groups in total. The van der Waals surface area contributed by atoms with Crippen LogP contribution in [0, 0.1) is 34.0 Å². The molecule has 0 bridgehead atoms. The summed E-state index contributed by atoms with van der Waals surface area (Å²) in [7, 11) is 0. The summed E-state index contributed by atoms with van der Waals surface area (Å²) in [5, 5.41) is 43.1. The van der Waals surface area contributed by atoms with Crippen LogP contribution >= 0.6 is 0 Å². The second-order valence-electron chi connectivity index (χ2n) is 34.7. The van der Waals surface area contributed by atoms with Crippen LogP contribution in [0.25, 0.3) is 232 Å². The van der Waals surface area contributed by atoms with Crippen LogP contribution in [0.2, 0.25) is 0 Å². The van der Waals surface area contributed by atoms with E-state index in [-0.39, 0.29) is 0 Å². The van der Waals surface area contributed by atoms with E-state index in [1.54, 1.807) is 36.9 Å². The largest absolute Gasteiger partial charge is 0.309 e. The van der Waals surface area contributed by atoms with E-state index in [1.165, 1.54) is 120 Å². The van der Waals surface area contributed by atoms with Gasteiger partial charge in [0.25, 0.3) is 0 Å². The summed E-state index contributed by atoms with van der Waals surface area (Å²) in [6, 6.07) is 163. The Labute approximate surface area is 793 Å². The van der Waals surface area contributed by atoms with E-state index in [2.05, 4.69) is 467 Å². The van der Waals surface area contributed by atoms with Gasteiger partial charge in [-0.3, -0.25) is 9.97 Å². The summed E-state index contributed by atoms with van der Waals surface area (Å²) in [5.41, 5.74) is 35.1. The summed E-state index contributed by atoms with van der Waals surface area (Å²) in [6.45, 7) is 0. The number of fused-ring (bicyclic) bond motifs is 21. The molecule has 12 heteroatoms. The highest BCUT2D eigenvalue weighted by Crippen LogP contribution is 2.48. The van der Waals surface area contributed by atoms with Crippen molar-refractivity contribution in [1.29, 1.82) is 15.8 Å². The topological polar surface area (TPSA) is 140 Å². The van der Waals surface area contributed by atoms with Gasteiger partial charge < -0.3 is 27.4 Å². The molecule has 0 unspecified atom stereocenters. The minimum atomic E-state index is 0.417. The molecule has 18 aromatic carbocycles. The van der Waals surface area contributed by atoms with Crippen molar-refractivity contribution in [3.8, 4) is 119 Å². The smallest absolute Gasteiger partial charge is 0.140 e. The predicted molar refractivity (Wildman–Crippen MR) is 566 cm³/mol. The molecule has 27 rings (SSSR count). The third-order valence-electron chi connectivity index (χ3n) is 27.0. The van der Waals surface area contributed by atoms with Crippen molar-refractivity contribution in [2.75, 3.05) is 0 Å². The van der Waals surface area contributed by atoms with Crippen molar-refractivity contribution in [1.82, 2.24) is 42.4 Å². The average molecular weight is 1760 g/mol. The van der Waals surface area contributed by atoms with E-state index in [4.69, 9.17) is 5.26 Å². The Morgan fingerprint density at radius 2 is 0.514 bits per heavy atom. The van der Waals surface area contributed by atoms with Crippen molar-refractivity contribution in [2.24, 2.45) is 0 Å². The number of aromatic nitrogens is 9. The van der Waals surface area contributed by atoms with Gasteiger partial charge in [0.2, 0.25) is 0 Å². The summed E-state index contributed by atoms with van der Waals surface area (Å²) in [6.07, 6.45) is 8.59. The van der Waals surface area contributed by atoms with Gasteiger partial charge in [0, 0.05) is 146 Å². The summed E-state index contributed by atoms with van der Waals surface area (Å²) < 4.78 is 14.4. The molecule has 0 fully saturated rings. The first-order valence-corrected chi connectivity index (χ1v) is 46.1. The zero-order valence-electron chi connectivity index (χ0n) is 74.4. The first-order chi connectivity index (χ1) is 68.4. The van der Waals surface area contributed by atoms with Gasteiger partial charge in [0.15, 0.2) is 0 Å². The number of rotatable bonds is 12. The molecule has 9 heterocycles. The van der Waals surface area contributed by atoms with E-state index >= 15 is 0 Å². The Kier molecular flexibility index (Phi) is 19.8.